The summed E-state index contributed by atoms with van der Waals surface area (Å²) < 4.78 is 0. The summed E-state index contributed by atoms with van der Waals surface area (Å²) in [6.07, 6.45) is -0.244. The van der Waals surface area contributed by atoms with Crippen LogP contribution in [0, 0.1) is 0 Å². The van der Waals surface area contributed by atoms with E-state index in [0.29, 0.717) is 18.4 Å². The molecule has 41 heteroatoms. The average Bonchev–Trinajstić information content (AvgIpc) is 0.890. The topological polar surface area (TPSA) is 763 Å². The van der Waals surface area contributed by atoms with Crippen molar-refractivity contribution in [3.05, 3.63) is 29.8 Å². The highest BCUT2D eigenvalue weighted by Crippen LogP contribution is 2.14. The number of aliphatic imine (C=N–C) groups is 5. The number of phenols is 1. The highest BCUT2D eigenvalue weighted by molar-refractivity contribution is 5.98. The van der Waals surface area contributed by atoms with Gasteiger partial charge in [0.25, 0.3) is 0 Å². The molecule has 0 bridgehead atoms. The highest BCUT2D eigenvalue weighted by atomic mass is 16.4. The van der Waals surface area contributed by atoms with Crippen molar-refractivity contribution in [1.82, 2.24) is 47.9 Å². The predicted octanol–water partition coefficient (Wildman–Crippen LogP) is -9.87. The fourth-order valence-electron chi connectivity index (χ4n) is 9.36. The van der Waals surface area contributed by atoms with Crippen molar-refractivity contribution in [2.75, 3.05) is 52.4 Å². The summed E-state index contributed by atoms with van der Waals surface area (Å²) >= 11 is 0. The van der Waals surface area contributed by atoms with Crippen molar-refractivity contribution in [1.29, 1.82) is 0 Å². The summed E-state index contributed by atoms with van der Waals surface area (Å²) in [7, 11) is 0. The van der Waals surface area contributed by atoms with E-state index >= 15 is 0 Å². The average molecular weight is 1400 g/mol. The number of hydrogen-bond donors (Lipinski definition) is 25. The molecule has 0 heterocycles. The number of nitrogens with one attached hydrogen (secondary N) is 9. The van der Waals surface area contributed by atoms with Gasteiger partial charge in [-0.15, -0.1) is 0 Å². The number of unbranched alkanes of at least 4 members (excludes halogenated alkanes) is 2. The van der Waals surface area contributed by atoms with Gasteiger partial charge in [0.05, 0.1) is 12.6 Å². The Morgan fingerprint density at radius 3 is 0.919 bits per heavy atom. The number of aromatic hydroxyl groups is 1. The highest BCUT2D eigenvalue weighted by Gasteiger charge is 2.35. The van der Waals surface area contributed by atoms with Crippen molar-refractivity contribution in [2.45, 2.75) is 176 Å². The molecule has 1 aromatic carbocycles. The van der Waals surface area contributed by atoms with Gasteiger partial charge in [0.1, 0.15) is 54.1 Å². The minimum atomic E-state index is -1.69. The number of rotatable bonds is 52. The normalized spacial score (nSPS) is 13.5. The number of amides is 10. The Balaban J connectivity index is 3.76. The molecule has 10 amide bonds. The summed E-state index contributed by atoms with van der Waals surface area (Å²) in [6.45, 7) is -0.354. The minimum Gasteiger partial charge on any atom is -0.508 e. The van der Waals surface area contributed by atoms with Gasteiger partial charge >= 0.3 is 5.97 Å². The Hall–Kier alpha value is -10.6. The Morgan fingerprint density at radius 2 is 0.636 bits per heavy atom. The van der Waals surface area contributed by atoms with E-state index < -0.39 is 139 Å². The molecule has 0 radical (unpaired) electrons. The molecule has 0 aromatic heterocycles. The van der Waals surface area contributed by atoms with Crippen molar-refractivity contribution in [3.63, 3.8) is 0 Å². The number of aliphatic carboxylic acids is 1. The molecular weight excluding hydrogens is 1300 g/mol. The van der Waals surface area contributed by atoms with E-state index in [9.17, 15) is 63.0 Å². The monoisotopic (exact) mass is 1400 g/mol. The van der Waals surface area contributed by atoms with Crippen LogP contribution in [0.2, 0.25) is 0 Å². The number of primary amides is 1. The van der Waals surface area contributed by atoms with Crippen LogP contribution in [0.1, 0.15) is 121 Å². The van der Waals surface area contributed by atoms with Gasteiger partial charge in [0, 0.05) is 39.1 Å². The molecular formula is C58H106N28O13. The lowest BCUT2D eigenvalue weighted by molar-refractivity contribution is -0.142. The molecule has 0 aliphatic carbocycles. The van der Waals surface area contributed by atoms with Gasteiger partial charge in [-0.2, -0.15) is 0 Å². The summed E-state index contributed by atoms with van der Waals surface area (Å²) in [5.41, 5.74) is 78.8. The molecule has 9 atom stereocenters. The van der Waals surface area contributed by atoms with Gasteiger partial charge in [-0.25, -0.2) is 4.79 Å². The van der Waals surface area contributed by atoms with Crippen LogP contribution in [-0.2, 0) is 59.2 Å². The lowest BCUT2D eigenvalue weighted by Crippen LogP contribution is -2.60. The largest absolute Gasteiger partial charge is 0.508 e. The van der Waals surface area contributed by atoms with Gasteiger partial charge in [-0.1, -0.05) is 12.1 Å². The van der Waals surface area contributed by atoms with Gasteiger partial charge in [0.15, 0.2) is 29.8 Å². The smallest absolute Gasteiger partial charge is 0.326 e. The van der Waals surface area contributed by atoms with Crippen LogP contribution in [0.15, 0.2) is 49.2 Å². The maximum atomic E-state index is 14.6. The molecule has 0 saturated carbocycles. The number of carbonyl (C=O) groups excluding carboxylic acids is 10. The maximum Gasteiger partial charge on any atom is 0.326 e. The van der Waals surface area contributed by atoms with Crippen LogP contribution >= 0.6 is 0 Å². The van der Waals surface area contributed by atoms with Crippen molar-refractivity contribution >= 4 is 94.8 Å². The third-order valence-corrected chi connectivity index (χ3v) is 14.5. The molecule has 0 fully saturated rings. The zero-order valence-electron chi connectivity index (χ0n) is 55.8. The van der Waals surface area contributed by atoms with E-state index in [1.807, 2.05) is 0 Å². The number of carboxylic acid groups (broad SMARTS) is 1. The predicted molar refractivity (Wildman–Crippen MR) is 370 cm³/mol. The SMILES string of the molecule is NCCCC[C@H](NC(=O)[C@H](CCCN=C(N)N)NC(=O)CNC(=O)[C@@H](N)Cc1ccc(O)cc1)C(=O)N[C@@H](CCCCN)C(=O)N[C@@H](CCCN=C(N)N)C(=O)N[C@@H](CCC(N)=O)C(=O)N[C@@H](CCCN=C(N)N)C(=O)N[C@@H](CCCN=C(N)N)C(=O)N[C@@H](CCCN=C(N)N)C(=O)O. The fraction of sp³-hybridized carbons (Fsp3) is 0.621. The number of phenolic OH excluding ortho intramolecular Hbond substituents is 1. The molecule has 0 unspecified atom stereocenters. The van der Waals surface area contributed by atoms with E-state index in [1.165, 1.54) is 12.1 Å². The molecule has 1 aromatic rings. The van der Waals surface area contributed by atoms with Crippen LogP contribution in [-0.4, -0.2) is 212 Å². The van der Waals surface area contributed by atoms with E-state index in [1.54, 1.807) is 12.1 Å². The molecule has 39 N–H and O–H groups in total. The number of guanidine groups is 5. The lowest BCUT2D eigenvalue weighted by atomic mass is 10.0. The van der Waals surface area contributed by atoms with Gasteiger partial charge < -0.3 is 138 Å². The molecule has 0 aliphatic heterocycles. The summed E-state index contributed by atoms with van der Waals surface area (Å²) in [5.74, 6) is -11.9. The molecule has 0 spiro atoms. The first-order chi connectivity index (χ1) is 46.9. The Bertz CT molecular complexity index is 2900. The van der Waals surface area contributed by atoms with Gasteiger partial charge in [-0.05, 0) is 146 Å². The number of nitrogens with two attached hydrogens (primary N) is 14. The van der Waals surface area contributed by atoms with E-state index in [0.717, 1.165) is 0 Å². The van der Waals surface area contributed by atoms with Crippen molar-refractivity contribution in [2.24, 2.45) is 105 Å². The van der Waals surface area contributed by atoms with Crippen molar-refractivity contribution in [3.8, 4) is 5.75 Å². The number of nitrogens with zero attached hydrogens (tertiary/aromatic N) is 5. The van der Waals surface area contributed by atoms with Crippen LogP contribution in [0.3, 0.4) is 0 Å². The lowest BCUT2D eigenvalue weighted by Gasteiger charge is -2.28. The van der Waals surface area contributed by atoms with Crippen LogP contribution in [0.5, 0.6) is 5.75 Å². The number of benzene rings is 1. The first kappa shape index (κ1) is 86.4. The second-order valence-electron chi connectivity index (χ2n) is 22.9. The van der Waals surface area contributed by atoms with Crippen LogP contribution < -0.4 is 128 Å². The standard InChI is InChI=1S/C58H106N28O13/c59-23-3-1-10-36(80-46(91)35(12-5-25-73-54(63)64)79-44(89)31-78-45(90)34(61)30-32-17-19-33(87)20-18-32)47(92)81-37(11-2-4-24-60)48(93)82-39(14-7-27-75-56(67)68)50(95)85-41(21-22-43(62)88)52(97)84-38(13-6-26-74-55(65)66)49(94)83-40(15-8-28-76-57(69)70)51(96)86-42(53(98)99)16-9-29-77-58(71)72/h17-20,34-42,87H,1-16,21-31,59-61H2,(H2,62,88)(H,78,90)(H,79,89)(H,80,91)(H,81,92)(H,82,93)(H,83,94)(H,84,97)(H,85,95)(H,86,96)(H,98,99)(H4,63,64,73)(H4,65,66,74)(H4,67,68,75)(H4,69,70,76)(H4,71,72,77)/t34-,35-,36-,37-,38-,39-,40-,41-,42-/m0/s1. The van der Waals surface area contributed by atoms with Crippen LogP contribution in [0.25, 0.3) is 0 Å². The van der Waals surface area contributed by atoms with E-state index in [-0.39, 0.29) is 178 Å². The number of carboxylic acids is 1. The summed E-state index contributed by atoms with van der Waals surface area (Å²) in [4.78, 5) is 171. The molecule has 556 valence electrons. The quantitative estimate of drug-likeness (QED) is 0.0164. The minimum absolute atomic E-state index is 0.00939. The first-order valence-electron chi connectivity index (χ1n) is 32.3. The van der Waals surface area contributed by atoms with Crippen molar-refractivity contribution < 1.29 is 63.0 Å². The maximum absolute atomic E-state index is 14.6. The molecule has 41 nitrogen and oxygen atoms in total. The molecule has 99 heavy (non-hydrogen) atoms. The Kier molecular flexibility index (Phi) is 42.8. The van der Waals surface area contributed by atoms with E-state index in [2.05, 4.69) is 72.8 Å². The first-order valence-corrected chi connectivity index (χ1v) is 32.3. The zero-order chi connectivity index (χ0) is 74.4. The number of carbonyl (C=O) groups is 11. The molecule has 1 rings (SSSR count). The van der Waals surface area contributed by atoms with Gasteiger partial charge in [-0.3, -0.25) is 72.9 Å². The third-order valence-electron chi connectivity index (χ3n) is 14.5. The molecule has 0 saturated heterocycles. The Morgan fingerprint density at radius 1 is 0.364 bits per heavy atom. The van der Waals surface area contributed by atoms with E-state index in [4.69, 9.17) is 80.3 Å². The molecule has 0 aliphatic rings. The summed E-state index contributed by atoms with van der Waals surface area (Å²) in [5, 5.41) is 42.6. The van der Waals surface area contributed by atoms with Crippen LogP contribution in [0.4, 0.5) is 0 Å². The number of hydrogen-bond acceptors (Lipinski definition) is 20. The second-order valence-corrected chi connectivity index (χ2v) is 22.9. The fourth-order valence-corrected chi connectivity index (χ4v) is 9.36. The Labute approximate surface area is 573 Å². The second kappa shape index (κ2) is 49.0. The zero-order valence-corrected chi connectivity index (χ0v) is 55.8. The van der Waals surface area contributed by atoms with Gasteiger partial charge in [0.2, 0.25) is 59.1 Å². The third kappa shape index (κ3) is 39.9. The summed E-state index contributed by atoms with van der Waals surface area (Å²) in [6, 6.07) is -7.05.